The Hall–Kier alpha value is -0.840. The van der Waals surface area contributed by atoms with Gasteiger partial charge in [0, 0.05) is 23.3 Å². The van der Waals surface area contributed by atoms with Crippen LogP contribution in [-0.4, -0.2) is 39.7 Å². The molecular formula is C16H24O4. The highest BCUT2D eigenvalue weighted by molar-refractivity contribution is 5.29. The molecule has 1 fully saturated rings. The first-order valence-electron chi connectivity index (χ1n) is 7.51. The molecule has 4 nitrogen and oxygen atoms in total. The second kappa shape index (κ2) is 4.86. The average Bonchev–Trinajstić information content (AvgIpc) is 2.62. The standard InChI is InChI=1S/C16H24O4/c1-16(2)14(18)7-10(15(16)19)13-8-11(17)9-5-3-4-6-12(9)20-13/h4,6,10-11,13-15,17-19H,3,5,7-8H2,1-2H3/t10-,11?,13?,14+,15+/m0/s1. The molecular weight excluding hydrogens is 256 g/mol. The SMILES string of the molecule is CC1(C)[C@H](O)C[C@@H](C2CC(O)C3=C(C=CCC3)O2)[C@H]1O. The van der Waals surface area contributed by atoms with E-state index in [-0.39, 0.29) is 12.0 Å². The summed E-state index contributed by atoms with van der Waals surface area (Å²) in [4.78, 5) is 0. The van der Waals surface area contributed by atoms with Crippen LogP contribution in [0.3, 0.4) is 0 Å². The third-order valence-electron chi connectivity index (χ3n) is 5.30. The normalized spacial score (nSPS) is 43.4. The number of ether oxygens (including phenoxy) is 1. The molecule has 0 spiro atoms. The highest BCUT2D eigenvalue weighted by atomic mass is 16.5. The summed E-state index contributed by atoms with van der Waals surface area (Å²) in [6.45, 7) is 3.76. The summed E-state index contributed by atoms with van der Waals surface area (Å²) >= 11 is 0. The predicted molar refractivity (Wildman–Crippen MR) is 74.8 cm³/mol. The van der Waals surface area contributed by atoms with Gasteiger partial charge < -0.3 is 20.1 Å². The lowest BCUT2D eigenvalue weighted by Crippen LogP contribution is -2.41. The van der Waals surface area contributed by atoms with Gasteiger partial charge in [-0.15, -0.1) is 0 Å². The van der Waals surface area contributed by atoms with Gasteiger partial charge in [-0.25, -0.2) is 0 Å². The van der Waals surface area contributed by atoms with Crippen molar-refractivity contribution in [3.63, 3.8) is 0 Å². The number of hydrogen-bond acceptors (Lipinski definition) is 4. The second-order valence-electron chi connectivity index (χ2n) is 6.92. The minimum atomic E-state index is -0.607. The monoisotopic (exact) mass is 280 g/mol. The van der Waals surface area contributed by atoms with Crippen molar-refractivity contribution in [2.45, 2.75) is 63.9 Å². The molecule has 0 saturated heterocycles. The Morgan fingerprint density at radius 1 is 1.20 bits per heavy atom. The van der Waals surface area contributed by atoms with Gasteiger partial charge in [-0.3, -0.25) is 0 Å². The van der Waals surface area contributed by atoms with Gasteiger partial charge in [0.25, 0.3) is 0 Å². The molecule has 0 amide bonds. The van der Waals surface area contributed by atoms with E-state index >= 15 is 0 Å². The molecule has 2 unspecified atom stereocenters. The number of allylic oxidation sites excluding steroid dienone is 2. The molecule has 2 aliphatic carbocycles. The number of hydrogen-bond donors (Lipinski definition) is 3. The molecule has 1 saturated carbocycles. The summed E-state index contributed by atoms with van der Waals surface area (Å²) in [5.74, 6) is 0.644. The maximum atomic E-state index is 10.5. The molecule has 1 aliphatic heterocycles. The summed E-state index contributed by atoms with van der Waals surface area (Å²) in [5.41, 5.74) is 0.465. The van der Waals surface area contributed by atoms with Gasteiger partial charge in [0.2, 0.25) is 0 Å². The minimum Gasteiger partial charge on any atom is -0.490 e. The third kappa shape index (κ3) is 2.10. The first-order valence-corrected chi connectivity index (χ1v) is 7.51. The van der Waals surface area contributed by atoms with Crippen molar-refractivity contribution in [2.75, 3.05) is 0 Å². The molecule has 0 aromatic carbocycles. The summed E-state index contributed by atoms with van der Waals surface area (Å²) in [6.07, 6.45) is 4.97. The molecule has 1 heterocycles. The molecule has 3 N–H and O–H groups in total. The number of aliphatic hydroxyl groups excluding tert-OH is 3. The van der Waals surface area contributed by atoms with Crippen LogP contribution in [0.15, 0.2) is 23.5 Å². The molecule has 0 aromatic rings. The molecule has 0 radical (unpaired) electrons. The van der Waals surface area contributed by atoms with E-state index in [1.807, 2.05) is 19.9 Å². The fourth-order valence-electron chi connectivity index (χ4n) is 3.74. The zero-order valence-electron chi connectivity index (χ0n) is 12.1. The largest absolute Gasteiger partial charge is 0.490 e. The fraction of sp³-hybridized carbons (Fsp3) is 0.750. The van der Waals surface area contributed by atoms with E-state index in [4.69, 9.17) is 4.74 Å². The van der Waals surface area contributed by atoms with Gasteiger partial charge in [0.15, 0.2) is 0 Å². The van der Waals surface area contributed by atoms with Gasteiger partial charge in [-0.05, 0) is 25.3 Å². The molecule has 20 heavy (non-hydrogen) atoms. The highest BCUT2D eigenvalue weighted by Crippen LogP contribution is 2.46. The van der Waals surface area contributed by atoms with Crippen LogP contribution in [0, 0.1) is 11.3 Å². The topological polar surface area (TPSA) is 69.9 Å². The molecule has 4 heteroatoms. The van der Waals surface area contributed by atoms with Crippen molar-refractivity contribution in [1.29, 1.82) is 0 Å². The third-order valence-corrected chi connectivity index (χ3v) is 5.30. The lowest BCUT2D eigenvalue weighted by molar-refractivity contribution is -0.0545. The van der Waals surface area contributed by atoms with Gasteiger partial charge in [-0.1, -0.05) is 19.9 Å². The summed E-state index contributed by atoms with van der Waals surface area (Å²) < 4.78 is 6.02. The van der Waals surface area contributed by atoms with Gasteiger partial charge in [0.1, 0.15) is 11.9 Å². The van der Waals surface area contributed by atoms with E-state index in [1.165, 1.54) is 0 Å². The van der Waals surface area contributed by atoms with Crippen LogP contribution < -0.4 is 0 Å². The van der Waals surface area contributed by atoms with E-state index in [2.05, 4.69) is 6.08 Å². The van der Waals surface area contributed by atoms with E-state index in [9.17, 15) is 15.3 Å². The van der Waals surface area contributed by atoms with Crippen LogP contribution in [0.4, 0.5) is 0 Å². The van der Waals surface area contributed by atoms with Crippen LogP contribution in [0.1, 0.15) is 39.5 Å². The maximum absolute atomic E-state index is 10.5. The van der Waals surface area contributed by atoms with Gasteiger partial charge in [0.05, 0.1) is 18.3 Å². The van der Waals surface area contributed by atoms with Gasteiger partial charge in [-0.2, -0.15) is 0 Å². The lowest BCUT2D eigenvalue weighted by Gasteiger charge is -2.37. The van der Waals surface area contributed by atoms with Crippen LogP contribution >= 0.6 is 0 Å². The van der Waals surface area contributed by atoms with E-state index < -0.39 is 23.7 Å². The Balaban J connectivity index is 1.80. The first-order chi connectivity index (χ1) is 9.41. The van der Waals surface area contributed by atoms with Gasteiger partial charge >= 0.3 is 0 Å². The van der Waals surface area contributed by atoms with Crippen molar-refractivity contribution < 1.29 is 20.1 Å². The maximum Gasteiger partial charge on any atom is 0.121 e. The van der Waals surface area contributed by atoms with Crippen LogP contribution in [0.2, 0.25) is 0 Å². The van der Waals surface area contributed by atoms with Crippen LogP contribution in [-0.2, 0) is 4.74 Å². The number of aliphatic hydroxyl groups is 3. The molecule has 0 bridgehead atoms. The Morgan fingerprint density at radius 3 is 2.60 bits per heavy atom. The molecule has 5 atom stereocenters. The quantitative estimate of drug-likeness (QED) is 0.681. The second-order valence-corrected chi connectivity index (χ2v) is 6.92. The summed E-state index contributed by atoms with van der Waals surface area (Å²) in [7, 11) is 0. The summed E-state index contributed by atoms with van der Waals surface area (Å²) in [6, 6.07) is 0. The zero-order valence-corrected chi connectivity index (χ0v) is 12.1. The summed E-state index contributed by atoms with van der Waals surface area (Å²) in [5, 5.41) is 30.9. The molecule has 3 aliphatic rings. The van der Waals surface area contributed by atoms with Crippen molar-refractivity contribution in [3.8, 4) is 0 Å². The van der Waals surface area contributed by atoms with Crippen molar-refractivity contribution >= 4 is 0 Å². The lowest BCUT2D eigenvalue weighted by atomic mass is 9.82. The Labute approximate surface area is 119 Å². The van der Waals surface area contributed by atoms with E-state index in [0.29, 0.717) is 12.8 Å². The highest BCUT2D eigenvalue weighted by Gasteiger charge is 2.52. The smallest absolute Gasteiger partial charge is 0.121 e. The molecule has 112 valence electrons. The van der Waals surface area contributed by atoms with Crippen LogP contribution in [0.25, 0.3) is 0 Å². The van der Waals surface area contributed by atoms with Crippen molar-refractivity contribution in [3.05, 3.63) is 23.5 Å². The fourth-order valence-corrected chi connectivity index (χ4v) is 3.74. The average molecular weight is 280 g/mol. The minimum absolute atomic E-state index is 0.126. The Morgan fingerprint density at radius 2 is 1.95 bits per heavy atom. The van der Waals surface area contributed by atoms with Crippen molar-refractivity contribution in [2.24, 2.45) is 11.3 Å². The van der Waals surface area contributed by atoms with Crippen molar-refractivity contribution in [1.82, 2.24) is 0 Å². The van der Waals surface area contributed by atoms with E-state index in [0.717, 1.165) is 24.2 Å². The molecule has 0 aromatic heterocycles. The molecule has 3 rings (SSSR count). The Kier molecular flexibility index (Phi) is 3.43. The Bertz CT molecular complexity index is 451. The number of rotatable bonds is 1. The van der Waals surface area contributed by atoms with Crippen LogP contribution in [0.5, 0.6) is 0 Å². The zero-order chi connectivity index (χ0) is 14.5. The first kappa shape index (κ1) is 14.1. The van der Waals surface area contributed by atoms with E-state index in [1.54, 1.807) is 0 Å². The predicted octanol–water partition coefficient (Wildman–Crippen LogP) is 1.51.